The van der Waals surface area contributed by atoms with Gasteiger partial charge in [0, 0.05) is 19.7 Å². The first-order valence-electron chi connectivity index (χ1n) is 7.10. The van der Waals surface area contributed by atoms with Crippen LogP contribution in [0.25, 0.3) is 0 Å². The highest BCUT2D eigenvalue weighted by molar-refractivity contribution is 5.42. The molecule has 1 aromatic carbocycles. The second-order valence-electron chi connectivity index (χ2n) is 5.14. The Labute approximate surface area is 124 Å². The molecular formula is C16H21N3O2. The van der Waals surface area contributed by atoms with Gasteiger partial charge in [-0.25, -0.2) is 4.68 Å². The van der Waals surface area contributed by atoms with Crippen LogP contribution in [0.15, 0.2) is 47.4 Å². The van der Waals surface area contributed by atoms with Crippen molar-refractivity contribution in [3.05, 3.63) is 58.5 Å². The van der Waals surface area contributed by atoms with E-state index in [0.717, 1.165) is 5.69 Å². The minimum absolute atomic E-state index is 0.195. The van der Waals surface area contributed by atoms with E-state index in [1.54, 1.807) is 12.3 Å². The van der Waals surface area contributed by atoms with E-state index in [9.17, 15) is 9.90 Å². The normalized spacial score (nSPS) is 12.1. The molecule has 1 aromatic heterocycles. The maximum Gasteiger partial charge on any atom is 0.268 e. The van der Waals surface area contributed by atoms with Gasteiger partial charge >= 0.3 is 0 Å². The van der Waals surface area contributed by atoms with Crippen molar-refractivity contribution in [2.24, 2.45) is 0 Å². The zero-order chi connectivity index (χ0) is 15.2. The summed E-state index contributed by atoms with van der Waals surface area (Å²) in [5, 5.41) is 13.7. The number of nitrogens with zero attached hydrogens (tertiary/aromatic N) is 3. The third-order valence-electron chi connectivity index (χ3n) is 3.41. The van der Waals surface area contributed by atoms with Crippen LogP contribution in [-0.2, 0) is 13.1 Å². The van der Waals surface area contributed by atoms with Crippen molar-refractivity contribution in [3.63, 3.8) is 0 Å². The quantitative estimate of drug-likeness (QED) is 0.877. The summed E-state index contributed by atoms with van der Waals surface area (Å²) in [4.78, 5) is 14.0. The molecule has 2 rings (SSSR count). The van der Waals surface area contributed by atoms with Gasteiger partial charge in [0.2, 0.25) is 0 Å². The van der Waals surface area contributed by atoms with Crippen molar-refractivity contribution >= 4 is 5.69 Å². The molecule has 0 unspecified atom stereocenters. The van der Waals surface area contributed by atoms with Gasteiger partial charge in [-0.05, 0) is 12.0 Å². The third-order valence-corrected chi connectivity index (χ3v) is 3.41. The Hall–Kier alpha value is -2.14. The van der Waals surface area contributed by atoms with Gasteiger partial charge in [-0.1, -0.05) is 37.3 Å². The molecule has 0 aliphatic carbocycles. The number of aliphatic hydroxyl groups excluding tert-OH is 1. The highest BCUT2D eigenvalue weighted by atomic mass is 16.3. The fourth-order valence-electron chi connectivity index (χ4n) is 2.05. The van der Waals surface area contributed by atoms with Gasteiger partial charge in [0.05, 0.1) is 24.5 Å². The molecule has 0 fully saturated rings. The van der Waals surface area contributed by atoms with Crippen molar-refractivity contribution in [2.75, 3.05) is 11.9 Å². The topological polar surface area (TPSA) is 58.4 Å². The number of hydrogen-bond donors (Lipinski definition) is 1. The fraction of sp³-hybridized carbons (Fsp3) is 0.375. The summed E-state index contributed by atoms with van der Waals surface area (Å²) in [5.41, 5.74) is 1.75. The van der Waals surface area contributed by atoms with Gasteiger partial charge in [0.1, 0.15) is 0 Å². The largest absolute Gasteiger partial charge is 0.391 e. The van der Waals surface area contributed by atoms with E-state index in [4.69, 9.17) is 0 Å². The van der Waals surface area contributed by atoms with Crippen molar-refractivity contribution < 1.29 is 5.11 Å². The average molecular weight is 287 g/mol. The van der Waals surface area contributed by atoms with E-state index in [0.29, 0.717) is 13.0 Å². The average Bonchev–Trinajstić information content (AvgIpc) is 2.50. The fourth-order valence-corrected chi connectivity index (χ4v) is 2.05. The van der Waals surface area contributed by atoms with E-state index in [-0.39, 0.29) is 12.1 Å². The second kappa shape index (κ2) is 7.04. The van der Waals surface area contributed by atoms with Crippen LogP contribution in [0.1, 0.15) is 18.9 Å². The Morgan fingerprint density at radius 1 is 1.33 bits per heavy atom. The van der Waals surface area contributed by atoms with E-state index in [1.807, 2.05) is 49.2 Å². The monoisotopic (exact) mass is 287 g/mol. The Bertz CT molecular complexity index is 625. The molecular weight excluding hydrogens is 266 g/mol. The minimum Gasteiger partial charge on any atom is -0.391 e. The zero-order valence-electron chi connectivity index (χ0n) is 12.4. The van der Waals surface area contributed by atoms with Crippen LogP contribution < -0.4 is 10.5 Å². The lowest BCUT2D eigenvalue weighted by molar-refractivity contribution is 0.143. The molecule has 5 nitrogen and oxygen atoms in total. The summed E-state index contributed by atoms with van der Waals surface area (Å²) in [6.45, 7) is 2.82. The van der Waals surface area contributed by atoms with Gasteiger partial charge in [-0.2, -0.15) is 5.10 Å². The number of hydrogen-bond acceptors (Lipinski definition) is 4. The molecule has 0 bridgehead atoms. The molecule has 5 heteroatoms. The molecule has 1 N–H and O–H groups in total. The molecule has 0 saturated carbocycles. The number of benzene rings is 1. The van der Waals surface area contributed by atoms with Crippen LogP contribution in [-0.4, -0.2) is 28.0 Å². The van der Waals surface area contributed by atoms with Crippen molar-refractivity contribution in [3.8, 4) is 0 Å². The van der Waals surface area contributed by atoms with Crippen molar-refractivity contribution in [1.29, 1.82) is 0 Å². The number of aliphatic hydroxyl groups is 1. The SMILES string of the molecule is CC[C@H](O)Cn1ncc(N(C)Cc2ccccc2)cc1=O. The lowest BCUT2D eigenvalue weighted by Gasteiger charge is -2.19. The molecule has 0 aliphatic rings. The highest BCUT2D eigenvalue weighted by Gasteiger charge is 2.08. The van der Waals surface area contributed by atoms with Crippen LogP contribution in [0, 0.1) is 0 Å². The second-order valence-corrected chi connectivity index (χ2v) is 5.14. The van der Waals surface area contributed by atoms with Crippen LogP contribution >= 0.6 is 0 Å². The molecule has 1 atom stereocenters. The standard InChI is InChI=1S/C16H21N3O2/c1-3-15(20)12-19-16(21)9-14(10-17-19)18(2)11-13-7-5-4-6-8-13/h4-10,15,20H,3,11-12H2,1-2H3/t15-/m0/s1. The number of anilines is 1. The Morgan fingerprint density at radius 2 is 2.05 bits per heavy atom. The first-order chi connectivity index (χ1) is 10.1. The molecule has 21 heavy (non-hydrogen) atoms. The first kappa shape index (κ1) is 15.3. The van der Waals surface area contributed by atoms with E-state index in [1.165, 1.54) is 10.2 Å². The van der Waals surface area contributed by atoms with Gasteiger partial charge in [0.15, 0.2) is 0 Å². The van der Waals surface area contributed by atoms with E-state index in [2.05, 4.69) is 5.10 Å². The summed E-state index contributed by atoms with van der Waals surface area (Å²) in [5.74, 6) is 0. The van der Waals surface area contributed by atoms with Crippen LogP contribution in [0.3, 0.4) is 0 Å². The third kappa shape index (κ3) is 4.16. The van der Waals surface area contributed by atoms with Gasteiger partial charge in [-0.3, -0.25) is 4.79 Å². The predicted octanol–water partition coefficient (Wildman–Crippen LogP) is 1.65. The van der Waals surface area contributed by atoms with Crippen LogP contribution in [0.4, 0.5) is 5.69 Å². The van der Waals surface area contributed by atoms with Gasteiger partial charge < -0.3 is 10.0 Å². The van der Waals surface area contributed by atoms with Gasteiger partial charge in [-0.15, -0.1) is 0 Å². The van der Waals surface area contributed by atoms with Crippen LogP contribution in [0.2, 0.25) is 0 Å². The molecule has 0 aliphatic heterocycles. The summed E-state index contributed by atoms with van der Waals surface area (Å²) in [6.07, 6.45) is 1.72. The molecule has 2 aromatic rings. The summed E-state index contributed by atoms with van der Waals surface area (Å²) < 4.78 is 1.30. The Kier molecular flexibility index (Phi) is 5.11. The van der Waals surface area contributed by atoms with Crippen molar-refractivity contribution in [2.45, 2.75) is 32.5 Å². The first-order valence-corrected chi connectivity index (χ1v) is 7.10. The highest BCUT2D eigenvalue weighted by Crippen LogP contribution is 2.11. The number of aromatic nitrogens is 2. The molecule has 0 spiro atoms. The van der Waals surface area contributed by atoms with Gasteiger partial charge in [0.25, 0.3) is 5.56 Å². The Morgan fingerprint density at radius 3 is 2.67 bits per heavy atom. The lowest BCUT2D eigenvalue weighted by atomic mass is 10.2. The smallest absolute Gasteiger partial charge is 0.268 e. The van der Waals surface area contributed by atoms with E-state index < -0.39 is 6.10 Å². The summed E-state index contributed by atoms with van der Waals surface area (Å²) in [7, 11) is 1.93. The maximum atomic E-state index is 12.0. The van der Waals surface area contributed by atoms with Crippen LogP contribution in [0.5, 0.6) is 0 Å². The molecule has 0 amide bonds. The molecule has 112 valence electrons. The minimum atomic E-state index is -0.539. The maximum absolute atomic E-state index is 12.0. The molecule has 0 saturated heterocycles. The lowest BCUT2D eigenvalue weighted by Crippen LogP contribution is -2.29. The summed E-state index contributed by atoms with van der Waals surface area (Å²) >= 11 is 0. The van der Waals surface area contributed by atoms with Crippen molar-refractivity contribution in [1.82, 2.24) is 9.78 Å². The summed E-state index contributed by atoms with van der Waals surface area (Å²) in [6, 6.07) is 11.6. The zero-order valence-corrected chi connectivity index (χ0v) is 12.4. The molecule has 0 radical (unpaired) electrons. The Balaban J connectivity index is 2.10. The number of rotatable bonds is 6. The predicted molar refractivity (Wildman–Crippen MR) is 83.3 cm³/mol. The van der Waals surface area contributed by atoms with E-state index >= 15 is 0 Å². The molecule has 1 heterocycles.